The normalized spacial score (nSPS) is 28.9. The standard InChI is InChI=1S/C7H8N2O2S/c8-9-6(10)3-5-4(7(9)11)1-2-12-5/h3-4H,1-2,8H2. The molecule has 1 atom stereocenters. The summed E-state index contributed by atoms with van der Waals surface area (Å²) in [4.78, 5) is 23.3. The fraction of sp³-hybridized carbons (Fsp3) is 0.429. The zero-order chi connectivity index (χ0) is 8.72. The predicted molar refractivity (Wildman–Crippen MR) is 44.7 cm³/mol. The number of hydrogen-bond donors (Lipinski definition) is 1. The van der Waals surface area contributed by atoms with E-state index in [2.05, 4.69) is 0 Å². The van der Waals surface area contributed by atoms with E-state index in [1.54, 1.807) is 11.8 Å². The molecule has 0 aromatic heterocycles. The molecule has 0 aromatic carbocycles. The Labute approximate surface area is 73.7 Å². The molecular formula is C7H8N2O2S. The largest absolute Gasteiger partial charge is 0.272 e. The third-order valence-electron chi connectivity index (χ3n) is 2.06. The van der Waals surface area contributed by atoms with Gasteiger partial charge in [-0.25, -0.2) is 10.9 Å². The van der Waals surface area contributed by atoms with Crippen molar-refractivity contribution in [2.24, 2.45) is 11.8 Å². The van der Waals surface area contributed by atoms with Crippen molar-refractivity contribution < 1.29 is 9.59 Å². The van der Waals surface area contributed by atoms with Crippen molar-refractivity contribution in [2.45, 2.75) is 6.42 Å². The van der Waals surface area contributed by atoms with Gasteiger partial charge in [0.1, 0.15) is 0 Å². The Bertz CT molecular complexity index is 287. The van der Waals surface area contributed by atoms with E-state index in [0.717, 1.165) is 17.1 Å². The molecule has 2 N–H and O–H groups in total. The molecule has 2 amide bonds. The molecular weight excluding hydrogens is 176 g/mol. The maximum absolute atomic E-state index is 11.3. The third kappa shape index (κ3) is 0.971. The lowest BCUT2D eigenvalue weighted by Gasteiger charge is -2.22. The van der Waals surface area contributed by atoms with Gasteiger partial charge in [-0.05, 0) is 12.2 Å². The van der Waals surface area contributed by atoms with Gasteiger partial charge in [0.25, 0.3) is 11.8 Å². The van der Waals surface area contributed by atoms with Crippen LogP contribution in [-0.2, 0) is 9.59 Å². The molecule has 5 heteroatoms. The highest BCUT2D eigenvalue weighted by molar-refractivity contribution is 8.03. The maximum Gasteiger partial charge on any atom is 0.268 e. The summed E-state index contributed by atoms with van der Waals surface area (Å²) >= 11 is 1.57. The molecule has 2 heterocycles. The van der Waals surface area contributed by atoms with Gasteiger partial charge in [-0.2, -0.15) is 0 Å². The van der Waals surface area contributed by atoms with Gasteiger partial charge in [-0.1, -0.05) is 0 Å². The highest BCUT2D eigenvalue weighted by atomic mass is 32.2. The number of carbonyl (C=O) groups excluding carboxylic acids is 2. The number of thioether (sulfide) groups is 1. The van der Waals surface area contributed by atoms with Gasteiger partial charge in [0.2, 0.25) is 0 Å². The number of imide groups is 1. The van der Waals surface area contributed by atoms with Gasteiger partial charge in [-0.15, -0.1) is 11.8 Å². The minimum atomic E-state index is -0.402. The van der Waals surface area contributed by atoms with Crippen molar-refractivity contribution in [1.82, 2.24) is 5.01 Å². The second-order valence-electron chi connectivity index (χ2n) is 2.78. The van der Waals surface area contributed by atoms with Crippen LogP contribution in [0.5, 0.6) is 0 Å². The van der Waals surface area contributed by atoms with Crippen molar-refractivity contribution in [3.63, 3.8) is 0 Å². The molecule has 2 aliphatic heterocycles. The van der Waals surface area contributed by atoms with Gasteiger partial charge in [-0.3, -0.25) is 9.59 Å². The van der Waals surface area contributed by atoms with Crippen LogP contribution in [0.25, 0.3) is 0 Å². The molecule has 1 unspecified atom stereocenters. The Morgan fingerprint density at radius 1 is 1.58 bits per heavy atom. The van der Waals surface area contributed by atoms with Gasteiger partial charge in [0.05, 0.1) is 5.92 Å². The van der Waals surface area contributed by atoms with Gasteiger partial charge in [0.15, 0.2) is 0 Å². The minimum Gasteiger partial charge on any atom is -0.272 e. The molecule has 0 radical (unpaired) electrons. The predicted octanol–water partition coefficient (Wildman–Crippen LogP) is -0.134. The quantitative estimate of drug-likeness (QED) is 0.323. The van der Waals surface area contributed by atoms with E-state index in [9.17, 15) is 9.59 Å². The van der Waals surface area contributed by atoms with Crippen LogP contribution in [0, 0.1) is 5.92 Å². The molecule has 0 saturated carbocycles. The Morgan fingerprint density at radius 3 is 3.08 bits per heavy atom. The van der Waals surface area contributed by atoms with Crippen molar-refractivity contribution >= 4 is 23.6 Å². The summed E-state index contributed by atoms with van der Waals surface area (Å²) in [5.41, 5.74) is 0. The van der Waals surface area contributed by atoms with Crippen LogP contribution in [0.2, 0.25) is 0 Å². The van der Waals surface area contributed by atoms with Crippen LogP contribution in [0.15, 0.2) is 11.0 Å². The van der Waals surface area contributed by atoms with Crippen LogP contribution in [0.3, 0.4) is 0 Å². The van der Waals surface area contributed by atoms with Crippen LogP contribution in [0.4, 0.5) is 0 Å². The van der Waals surface area contributed by atoms with Crippen LogP contribution in [0.1, 0.15) is 6.42 Å². The summed E-state index contributed by atoms with van der Waals surface area (Å²) in [7, 11) is 0. The average Bonchev–Trinajstić information content (AvgIpc) is 2.48. The minimum absolute atomic E-state index is 0.141. The Hall–Kier alpha value is -0.810. The van der Waals surface area contributed by atoms with E-state index in [1.807, 2.05) is 0 Å². The summed E-state index contributed by atoms with van der Waals surface area (Å²) in [6, 6.07) is 0. The van der Waals surface area contributed by atoms with E-state index in [4.69, 9.17) is 5.84 Å². The number of hydrazine groups is 1. The van der Waals surface area contributed by atoms with E-state index in [0.29, 0.717) is 5.01 Å². The summed E-state index contributed by atoms with van der Waals surface area (Å²) < 4.78 is 0. The van der Waals surface area contributed by atoms with Gasteiger partial charge < -0.3 is 0 Å². The number of carbonyl (C=O) groups is 2. The molecule has 0 bridgehead atoms. The highest BCUT2D eigenvalue weighted by Crippen LogP contribution is 2.38. The number of nitrogens with zero attached hydrogens (tertiary/aromatic N) is 1. The van der Waals surface area contributed by atoms with Crippen LogP contribution in [-0.4, -0.2) is 22.6 Å². The molecule has 0 aliphatic carbocycles. The lowest BCUT2D eigenvalue weighted by molar-refractivity contribution is -0.145. The Balaban J connectivity index is 2.38. The summed E-state index contributed by atoms with van der Waals surface area (Å²) in [5.74, 6) is 5.36. The molecule has 64 valence electrons. The van der Waals surface area contributed by atoms with E-state index in [-0.39, 0.29) is 11.8 Å². The number of amides is 2. The fourth-order valence-electron chi connectivity index (χ4n) is 1.39. The van der Waals surface area contributed by atoms with Crippen molar-refractivity contribution in [1.29, 1.82) is 0 Å². The first-order chi connectivity index (χ1) is 5.70. The first-order valence-electron chi connectivity index (χ1n) is 3.67. The number of rotatable bonds is 0. The molecule has 2 rings (SSSR count). The first kappa shape index (κ1) is 7.82. The van der Waals surface area contributed by atoms with E-state index in [1.165, 1.54) is 6.08 Å². The van der Waals surface area contributed by atoms with E-state index < -0.39 is 5.91 Å². The van der Waals surface area contributed by atoms with E-state index >= 15 is 0 Å². The SMILES string of the molecule is NN1C(=O)C=C2SCCC2C1=O. The van der Waals surface area contributed by atoms with Crippen molar-refractivity contribution in [2.75, 3.05) is 5.75 Å². The molecule has 0 aromatic rings. The fourth-order valence-corrected chi connectivity index (χ4v) is 2.59. The summed E-state index contributed by atoms with van der Waals surface area (Å²) in [5, 5.41) is 0.708. The van der Waals surface area contributed by atoms with Gasteiger partial charge in [0, 0.05) is 11.0 Å². The average molecular weight is 184 g/mol. The Morgan fingerprint density at radius 2 is 2.33 bits per heavy atom. The lowest BCUT2D eigenvalue weighted by atomic mass is 10.0. The number of nitrogens with two attached hydrogens (primary N) is 1. The number of fused-ring (bicyclic) bond motifs is 1. The summed E-state index contributed by atoms with van der Waals surface area (Å²) in [6.45, 7) is 0. The zero-order valence-electron chi connectivity index (χ0n) is 6.32. The van der Waals surface area contributed by atoms with Gasteiger partial charge >= 0.3 is 0 Å². The first-order valence-corrected chi connectivity index (χ1v) is 4.66. The second kappa shape index (κ2) is 2.60. The number of hydrogen-bond acceptors (Lipinski definition) is 4. The van der Waals surface area contributed by atoms with Crippen LogP contribution < -0.4 is 5.84 Å². The molecule has 0 spiro atoms. The molecule has 4 nitrogen and oxygen atoms in total. The highest BCUT2D eigenvalue weighted by Gasteiger charge is 2.37. The zero-order valence-corrected chi connectivity index (χ0v) is 7.13. The lowest BCUT2D eigenvalue weighted by Crippen LogP contribution is -2.47. The molecule has 12 heavy (non-hydrogen) atoms. The monoisotopic (exact) mass is 184 g/mol. The van der Waals surface area contributed by atoms with Crippen molar-refractivity contribution in [3.8, 4) is 0 Å². The second-order valence-corrected chi connectivity index (χ2v) is 3.95. The topological polar surface area (TPSA) is 63.4 Å². The molecule has 1 saturated heterocycles. The Kier molecular flexibility index (Phi) is 1.69. The van der Waals surface area contributed by atoms with Crippen molar-refractivity contribution in [3.05, 3.63) is 11.0 Å². The molecule has 2 aliphatic rings. The third-order valence-corrected chi connectivity index (χ3v) is 3.23. The molecule has 1 fully saturated rings. The maximum atomic E-state index is 11.3. The smallest absolute Gasteiger partial charge is 0.268 e. The summed E-state index contributed by atoms with van der Waals surface area (Å²) in [6.07, 6.45) is 2.26. The van der Waals surface area contributed by atoms with Crippen LogP contribution >= 0.6 is 11.8 Å².